The van der Waals surface area contributed by atoms with Gasteiger partial charge in [-0.3, -0.25) is 14.4 Å². The average Bonchev–Trinajstić information content (AvgIpc) is 3.21. The van der Waals surface area contributed by atoms with Gasteiger partial charge in [-0.1, -0.05) is 51.0 Å². The molecule has 1 aromatic carbocycles. The van der Waals surface area contributed by atoms with Gasteiger partial charge in [0.15, 0.2) is 12.4 Å². The predicted octanol–water partition coefficient (Wildman–Crippen LogP) is 3.88. The van der Waals surface area contributed by atoms with Crippen molar-refractivity contribution in [2.75, 3.05) is 27.3 Å². The fourth-order valence-electron chi connectivity index (χ4n) is 4.60. The highest BCUT2D eigenvalue weighted by Crippen LogP contribution is 2.28. The first-order valence-electron chi connectivity index (χ1n) is 14.2. The number of benzene rings is 1. The Morgan fingerprint density at radius 1 is 0.974 bits per heavy atom. The third-order valence-electron chi connectivity index (χ3n) is 6.94. The monoisotopic (exact) mass is 548 g/mol. The largest absolute Gasteiger partial charge is 0.457 e. The zero-order chi connectivity index (χ0) is 28.8. The highest BCUT2D eigenvalue weighted by atomic mass is 16.7. The van der Waals surface area contributed by atoms with Crippen molar-refractivity contribution in [3.8, 4) is 0 Å². The molecule has 2 N–H and O–H groups in total. The zero-order valence-corrected chi connectivity index (χ0v) is 24.5. The molecule has 0 radical (unpaired) electrons. The van der Waals surface area contributed by atoms with Crippen LogP contribution in [0.3, 0.4) is 0 Å². The Labute approximate surface area is 233 Å². The van der Waals surface area contributed by atoms with Crippen LogP contribution in [0.1, 0.15) is 83.3 Å². The van der Waals surface area contributed by atoms with E-state index in [1.807, 2.05) is 13.8 Å². The van der Waals surface area contributed by atoms with Crippen molar-refractivity contribution >= 4 is 17.8 Å². The molecule has 1 aliphatic heterocycles. The number of carbonyl (C=O) groups is 3. The maximum Gasteiger partial charge on any atom is 0.306 e. The van der Waals surface area contributed by atoms with Crippen molar-refractivity contribution in [3.05, 3.63) is 35.4 Å². The fourth-order valence-corrected chi connectivity index (χ4v) is 4.60. The summed E-state index contributed by atoms with van der Waals surface area (Å²) in [5, 5.41) is 5.54. The molecule has 2 amide bonds. The highest BCUT2D eigenvalue weighted by Gasteiger charge is 2.46. The Morgan fingerprint density at radius 2 is 1.67 bits per heavy atom. The maximum atomic E-state index is 12.6. The number of nitrogens with one attached hydrogen (secondary N) is 2. The molecule has 0 bridgehead atoms. The molecule has 2 rings (SSSR count). The molecule has 1 aromatic rings. The summed E-state index contributed by atoms with van der Waals surface area (Å²) in [5.74, 6) is -0.205. The van der Waals surface area contributed by atoms with E-state index >= 15 is 0 Å². The molecule has 9 nitrogen and oxygen atoms in total. The molecule has 220 valence electrons. The van der Waals surface area contributed by atoms with Crippen LogP contribution in [0.2, 0.25) is 0 Å². The van der Waals surface area contributed by atoms with E-state index in [0.717, 1.165) is 37.7 Å². The predicted molar refractivity (Wildman–Crippen MR) is 149 cm³/mol. The van der Waals surface area contributed by atoms with Crippen LogP contribution in [-0.2, 0) is 39.8 Å². The number of unbranched alkanes of at least 4 members (excludes halogenated alkanes) is 3. The summed E-state index contributed by atoms with van der Waals surface area (Å²) in [5.41, 5.74) is 2.33. The minimum absolute atomic E-state index is 0.00679. The minimum atomic E-state index is -0.625. The maximum absolute atomic E-state index is 12.6. The molecule has 5 atom stereocenters. The van der Waals surface area contributed by atoms with Crippen LogP contribution in [-0.4, -0.2) is 69.7 Å². The van der Waals surface area contributed by atoms with Crippen molar-refractivity contribution in [2.45, 2.75) is 103 Å². The Hall–Kier alpha value is -2.49. The van der Waals surface area contributed by atoms with Gasteiger partial charge in [0.25, 0.3) is 0 Å². The molecule has 39 heavy (non-hydrogen) atoms. The molecule has 0 aliphatic carbocycles. The van der Waals surface area contributed by atoms with E-state index in [9.17, 15) is 14.4 Å². The highest BCUT2D eigenvalue weighted by molar-refractivity contribution is 5.83. The fraction of sp³-hybridized carbons (Fsp3) is 0.700. The number of amides is 2. The van der Waals surface area contributed by atoms with Crippen LogP contribution < -0.4 is 10.6 Å². The van der Waals surface area contributed by atoms with E-state index in [-0.39, 0.29) is 36.7 Å². The lowest BCUT2D eigenvalue weighted by atomic mass is 9.96. The van der Waals surface area contributed by atoms with Gasteiger partial charge in [-0.05, 0) is 50.2 Å². The number of hydrogen-bond acceptors (Lipinski definition) is 7. The van der Waals surface area contributed by atoms with Gasteiger partial charge in [0.1, 0.15) is 6.10 Å². The average molecular weight is 549 g/mol. The first kappa shape index (κ1) is 32.7. The number of methoxy groups -OCH3 is 1. The molecular weight excluding hydrogens is 500 g/mol. The van der Waals surface area contributed by atoms with Crippen LogP contribution in [0.4, 0.5) is 0 Å². The molecule has 0 saturated carbocycles. The van der Waals surface area contributed by atoms with E-state index in [1.165, 1.54) is 19.7 Å². The number of rotatable bonds is 17. The van der Waals surface area contributed by atoms with Gasteiger partial charge in [-0.2, -0.15) is 0 Å². The summed E-state index contributed by atoms with van der Waals surface area (Å²) in [7, 11) is 3.05. The normalized spacial score (nSPS) is 21.5. The number of hydrogen-bond donors (Lipinski definition) is 2. The molecule has 1 heterocycles. The van der Waals surface area contributed by atoms with Crippen LogP contribution in [0, 0.1) is 5.92 Å². The van der Waals surface area contributed by atoms with Crippen LogP contribution in [0.15, 0.2) is 24.3 Å². The minimum Gasteiger partial charge on any atom is -0.457 e. The van der Waals surface area contributed by atoms with Gasteiger partial charge in [-0.25, -0.2) is 0 Å². The second-order valence-corrected chi connectivity index (χ2v) is 10.7. The molecule has 5 unspecified atom stereocenters. The van der Waals surface area contributed by atoms with E-state index in [0.29, 0.717) is 19.1 Å². The quantitative estimate of drug-likeness (QED) is 0.224. The van der Waals surface area contributed by atoms with Crippen LogP contribution >= 0.6 is 0 Å². The van der Waals surface area contributed by atoms with E-state index < -0.39 is 24.5 Å². The summed E-state index contributed by atoms with van der Waals surface area (Å²) < 4.78 is 22.7. The summed E-state index contributed by atoms with van der Waals surface area (Å²) in [6.45, 7) is 9.27. The number of carbonyl (C=O) groups excluding carboxylic acids is 3. The van der Waals surface area contributed by atoms with Crippen LogP contribution in [0.5, 0.6) is 0 Å². The Balaban J connectivity index is 1.65. The van der Waals surface area contributed by atoms with Crippen molar-refractivity contribution in [1.29, 1.82) is 0 Å². The van der Waals surface area contributed by atoms with Gasteiger partial charge >= 0.3 is 5.97 Å². The molecule has 0 spiro atoms. The standard InChI is InChI=1S/C30H48N2O7/c1-20(2)19-23-11-13-24(14-12-23)21(3)29(35)32-17-9-7-8-10-18-37-28-27(22(4)38-30(28)36-6)39-26(34)16-15-25(33)31-5/h11-14,20-22,27-28,30H,7-10,15-19H2,1-6H3,(H,31,33)(H,32,35). The summed E-state index contributed by atoms with van der Waals surface area (Å²) in [6.07, 6.45) is 2.59. The molecule has 1 saturated heterocycles. The lowest BCUT2D eigenvalue weighted by Gasteiger charge is -2.23. The van der Waals surface area contributed by atoms with Crippen LogP contribution in [0.25, 0.3) is 0 Å². The Bertz CT molecular complexity index is 890. The van der Waals surface area contributed by atoms with E-state index in [4.69, 9.17) is 18.9 Å². The van der Waals surface area contributed by atoms with Gasteiger partial charge < -0.3 is 29.6 Å². The SMILES string of the molecule is CNC(=O)CCC(=O)OC1C(C)OC(OC)C1OCCCCCCNC(=O)C(C)c1ccc(CC(C)C)cc1. The van der Waals surface area contributed by atoms with Crippen molar-refractivity contribution in [2.24, 2.45) is 5.92 Å². The lowest BCUT2D eigenvalue weighted by Crippen LogP contribution is -2.39. The van der Waals surface area contributed by atoms with E-state index in [1.54, 1.807) is 0 Å². The number of esters is 1. The van der Waals surface area contributed by atoms with Gasteiger partial charge in [0.2, 0.25) is 11.8 Å². The van der Waals surface area contributed by atoms with Gasteiger partial charge in [0.05, 0.1) is 18.4 Å². The van der Waals surface area contributed by atoms with Crippen molar-refractivity contribution < 1.29 is 33.3 Å². The Morgan fingerprint density at radius 3 is 2.31 bits per heavy atom. The van der Waals surface area contributed by atoms with E-state index in [2.05, 4.69) is 48.7 Å². The topological polar surface area (TPSA) is 112 Å². The zero-order valence-electron chi connectivity index (χ0n) is 24.5. The van der Waals surface area contributed by atoms with Crippen molar-refractivity contribution in [3.63, 3.8) is 0 Å². The second kappa shape index (κ2) is 17.3. The molecule has 0 aromatic heterocycles. The number of ether oxygens (including phenoxy) is 4. The lowest BCUT2D eigenvalue weighted by molar-refractivity contribution is -0.167. The molecular formula is C30H48N2O7. The Kier molecular flexibility index (Phi) is 14.5. The molecule has 1 fully saturated rings. The van der Waals surface area contributed by atoms with Crippen molar-refractivity contribution in [1.82, 2.24) is 10.6 Å². The third-order valence-corrected chi connectivity index (χ3v) is 6.94. The summed E-state index contributed by atoms with van der Waals surface area (Å²) in [6, 6.07) is 8.35. The first-order valence-corrected chi connectivity index (χ1v) is 14.2. The van der Waals surface area contributed by atoms with Gasteiger partial charge in [-0.15, -0.1) is 0 Å². The molecule has 1 aliphatic rings. The second-order valence-electron chi connectivity index (χ2n) is 10.7. The first-order chi connectivity index (χ1) is 18.7. The molecule has 9 heteroatoms. The third kappa shape index (κ3) is 11.3. The smallest absolute Gasteiger partial charge is 0.306 e. The van der Waals surface area contributed by atoms with Gasteiger partial charge in [0, 0.05) is 33.7 Å². The summed E-state index contributed by atoms with van der Waals surface area (Å²) >= 11 is 0. The summed E-state index contributed by atoms with van der Waals surface area (Å²) in [4.78, 5) is 36.2.